The Balaban J connectivity index is 1.19. The van der Waals surface area contributed by atoms with E-state index in [1.165, 1.54) is 26.4 Å². The molecular formula is C33H42O17. The van der Waals surface area contributed by atoms with Crippen LogP contribution in [0.2, 0.25) is 0 Å². The minimum Gasteiger partial charge on any atom is -0.497 e. The van der Waals surface area contributed by atoms with Crippen LogP contribution in [-0.2, 0) is 47.5 Å². The van der Waals surface area contributed by atoms with Gasteiger partial charge in [-0.2, -0.15) is 0 Å². The first-order chi connectivity index (χ1) is 23.9. The van der Waals surface area contributed by atoms with Crippen molar-refractivity contribution in [2.45, 2.75) is 99.4 Å². The minimum absolute atomic E-state index is 0.501. The maximum atomic E-state index is 12.9. The van der Waals surface area contributed by atoms with Gasteiger partial charge in [-0.15, -0.1) is 0 Å². The van der Waals surface area contributed by atoms with Crippen LogP contribution in [0.15, 0.2) is 42.7 Å². The maximum Gasteiger partial charge on any atom is 0.331 e. The molecule has 4 heterocycles. The van der Waals surface area contributed by atoms with Gasteiger partial charge in [0.25, 0.3) is 0 Å². The summed E-state index contributed by atoms with van der Waals surface area (Å²) < 4.78 is 51.7. The normalized spacial score (nSPS) is 43.4. The fourth-order valence-electron chi connectivity index (χ4n) is 7.06. The number of benzene rings is 1. The number of esters is 2. The van der Waals surface area contributed by atoms with Gasteiger partial charge in [-0.05, 0) is 36.8 Å². The van der Waals surface area contributed by atoms with Crippen LogP contribution in [0.25, 0.3) is 6.08 Å². The summed E-state index contributed by atoms with van der Waals surface area (Å²) in [5, 5.41) is 62.1. The number of carbonyl (C=O) groups excluding carboxylic acids is 2. The van der Waals surface area contributed by atoms with Gasteiger partial charge in [0.05, 0.1) is 44.7 Å². The average molecular weight is 711 g/mol. The lowest BCUT2D eigenvalue weighted by Gasteiger charge is -2.44. The Morgan fingerprint density at radius 3 is 2.28 bits per heavy atom. The van der Waals surface area contributed by atoms with Gasteiger partial charge in [0.2, 0.25) is 6.29 Å². The van der Waals surface area contributed by atoms with E-state index in [0.29, 0.717) is 11.3 Å². The third-order valence-corrected chi connectivity index (χ3v) is 9.73. The number of rotatable bonds is 11. The van der Waals surface area contributed by atoms with Crippen LogP contribution in [0, 0.1) is 11.8 Å². The van der Waals surface area contributed by atoms with E-state index in [1.807, 2.05) is 0 Å². The van der Waals surface area contributed by atoms with E-state index < -0.39 is 122 Å². The Bertz CT molecular complexity index is 1420. The summed E-state index contributed by atoms with van der Waals surface area (Å²) in [6.07, 6.45) is -11.6. The summed E-state index contributed by atoms with van der Waals surface area (Å²) in [6.45, 7) is 1.50. The van der Waals surface area contributed by atoms with Gasteiger partial charge in [-0.3, -0.25) is 4.79 Å². The molecule has 3 saturated heterocycles. The first-order valence-electron chi connectivity index (χ1n) is 16.2. The molecule has 4 fully saturated rings. The SMILES string of the molecule is COc1ccc(C=CC(=O)O[C@@H]2[C@@H](O)[C@H](C)O[C@@H](O[C@H]3[C@@H]4C=CO[C@@H](O[C@@H]5O[C@H](CO)[C@@H](O)[C@H](O)[C@H]5O)[C@@H]4[C@@]4(CO)O[C@@H]34)[C@@H]2OC(C)=O)cc1. The Morgan fingerprint density at radius 1 is 0.880 bits per heavy atom. The monoisotopic (exact) mass is 710 g/mol. The van der Waals surface area contributed by atoms with Crippen LogP contribution in [-0.4, -0.2) is 148 Å². The lowest BCUT2D eigenvalue weighted by atomic mass is 9.85. The molecule has 4 aliphatic heterocycles. The average Bonchev–Trinajstić information content (AvgIpc) is 3.78. The van der Waals surface area contributed by atoms with Gasteiger partial charge in [0.15, 0.2) is 24.8 Å². The van der Waals surface area contributed by atoms with Crippen molar-refractivity contribution in [3.05, 3.63) is 48.2 Å². The van der Waals surface area contributed by atoms with Gasteiger partial charge >= 0.3 is 11.9 Å². The molecule has 0 spiro atoms. The molecule has 0 bridgehead atoms. The van der Waals surface area contributed by atoms with E-state index >= 15 is 0 Å². The number of aliphatic hydroxyl groups excluding tert-OH is 6. The summed E-state index contributed by atoms with van der Waals surface area (Å²) in [5.74, 6) is -2.34. The molecule has 0 amide bonds. The molecule has 17 nitrogen and oxygen atoms in total. The van der Waals surface area contributed by atoms with Crippen LogP contribution in [0.1, 0.15) is 19.4 Å². The van der Waals surface area contributed by atoms with Crippen molar-refractivity contribution in [3.8, 4) is 5.75 Å². The molecule has 1 saturated carbocycles. The van der Waals surface area contributed by atoms with E-state index in [2.05, 4.69) is 0 Å². The number of hydrogen-bond acceptors (Lipinski definition) is 17. The standard InChI is InChI=1S/C33H42O17/c1-14-22(38)27(47-20(37)9-6-16-4-7-17(42-3)8-5-16)28(45-15(2)36)32(44-14)48-26-18-10-11-43-30(21(18)33(13-35)29(26)50-33)49-31-25(41)24(40)23(39)19(12-34)46-31/h4-11,14,18-19,21-32,34-35,38-41H,12-13H2,1-3H3/t14-,18+,19+,21+,22-,23+,24-,25+,26-,27+,28+,29-,30-,31-,32-,33+/m0/s1. The van der Waals surface area contributed by atoms with Crippen molar-refractivity contribution < 1.29 is 82.9 Å². The molecule has 1 aromatic rings. The fraction of sp³-hybridized carbons (Fsp3) is 0.636. The van der Waals surface area contributed by atoms with Crippen molar-refractivity contribution in [2.75, 3.05) is 20.3 Å². The second kappa shape index (κ2) is 14.8. The molecule has 17 heteroatoms. The number of aliphatic hydroxyl groups is 6. The third kappa shape index (κ3) is 6.88. The van der Waals surface area contributed by atoms with Crippen molar-refractivity contribution in [2.24, 2.45) is 11.8 Å². The fourth-order valence-corrected chi connectivity index (χ4v) is 7.06. The summed E-state index contributed by atoms with van der Waals surface area (Å²) in [4.78, 5) is 25.2. The number of hydrogen-bond donors (Lipinski definition) is 6. The summed E-state index contributed by atoms with van der Waals surface area (Å²) >= 11 is 0. The van der Waals surface area contributed by atoms with Crippen LogP contribution in [0.5, 0.6) is 5.75 Å². The Morgan fingerprint density at radius 2 is 1.62 bits per heavy atom. The Hall–Kier alpha value is -3.20. The number of ether oxygens (including phenoxy) is 9. The van der Waals surface area contributed by atoms with Gasteiger partial charge in [-0.1, -0.05) is 12.1 Å². The third-order valence-electron chi connectivity index (χ3n) is 9.73. The van der Waals surface area contributed by atoms with Crippen LogP contribution in [0.4, 0.5) is 0 Å². The predicted octanol–water partition coefficient (Wildman–Crippen LogP) is -1.89. The van der Waals surface area contributed by atoms with E-state index in [1.54, 1.807) is 30.3 Å². The van der Waals surface area contributed by atoms with Crippen molar-refractivity contribution >= 4 is 18.0 Å². The van der Waals surface area contributed by atoms with E-state index in [-0.39, 0.29) is 0 Å². The zero-order valence-electron chi connectivity index (χ0n) is 27.4. The molecule has 6 N–H and O–H groups in total. The molecule has 6 rings (SSSR count). The zero-order valence-corrected chi connectivity index (χ0v) is 27.4. The smallest absolute Gasteiger partial charge is 0.331 e. The zero-order chi connectivity index (χ0) is 35.9. The van der Waals surface area contributed by atoms with Crippen LogP contribution in [0.3, 0.4) is 0 Å². The molecule has 1 aromatic carbocycles. The Kier molecular flexibility index (Phi) is 10.8. The van der Waals surface area contributed by atoms with Crippen LogP contribution < -0.4 is 4.74 Å². The summed E-state index contributed by atoms with van der Waals surface area (Å²) in [7, 11) is 1.53. The highest BCUT2D eigenvalue weighted by atomic mass is 16.8. The molecule has 0 radical (unpaired) electrons. The quantitative estimate of drug-likeness (QED) is 0.0835. The van der Waals surface area contributed by atoms with E-state index in [4.69, 9.17) is 42.6 Å². The van der Waals surface area contributed by atoms with Crippen molar-refractivity contribution in [3.63, 3.8) is 0 Å². The van der Waals surface area contributed by atoms with Gasteiger partial charge in [0, 0.05) is 18.9 Å². The molecule has 0 unspecified atom stereocenters. The van der Waals surface area contributed by atoms with Gasteiger partial charge < -0.3 is 73.3 Å². The molecule has 276 valence electrons. The molecule has 50 heavy (non-hydrogen) atoms. The van der Waals surface area contributed by atoms with Gasteiger partial charge in [0.1, 0.15) is 48.0 Å². The largest absolute Gasteiger partial charge is 0.497 e. The lowest BCUT2D eigenvalue weighted by Crippen LogP contribution is -2.61. The topological polar surface area (TPSA) is 242 Å². The molecule has 5 aliphatic rings. The first kappa shape index (κ1) is 36.6. The number of carbonyl (C=O) groups is 2. The number of epoxide rings is 1. The maximum absolute atomic E-state index is 12.9. The van der Waals surface area contributed by atoms with Gasteiger partial charge in [-0.25, -0.2) is 4.79 Å². The summed E-state index contributed by atoms with van der Waals surface area (Å²) in [6, 6.07) is 6.89. The Labute approximate surface area is 286 Å². The second-order valence-corrected chi connectivity index (χ2v) is 12.8. The minimum atomic E-state index is -1.71. The van der Waals surface area contributed by atoms with E-state index in [0.717, 1.165) is 13.0 Å². The highest BCUT2D eigenvalue weighted by Gasteiger charge is 2.77. The molecule has 1 aliphatic carbocycles. The highest BCUT2D eigenvalue weighted by molar-refractivity contribution is 5.87. The highest BCUT2D eigenvalue weighted by Crippen LogP contribution is 2.61. The molecule has 16 atom stereocenters. The number of fused-ring (bicyclic) bond motifs is 3. The predicted molar refractivity (Wildman–Crippen MR) is 163 cm³/mol. The van der Waals surface area contributed by atoms with Crippen molar-refractivity contribution in [1.82, 2.24) is 0 Å². The molecule has 0 aromatic heterocycles. The first-order valence-corrected chi connectivity index (χ1v) is 16.2. The summed E-state index contributed by atoms with van der Waals surface area (Å²) in [5.41, 5.74) is -0.583. The van der Waals surface area contributed by atoms with Crippen molar-refractivity contribution in [1.29, 1.82) is 0 Å². The second-order valence-electron chi connectivity index (χ2n) is 12.8. The number of methoxy groups -OCH3 is 1. The van der Waals surface area contributed by atoms with Crippen LogP contribution >= 0.6 is 0 Å². The molecular weight excluding hydrogens is 668 g/mol. The lowest BCUT2D eigenvalue weighted by molar-refractivity contribution is -0.347. The van der Waals surface area contributed by atoms with E-state index in [9.17, 15) is 40.2 Å².